The van der Waals surface area contributed by atoms with Crippen LogP contribution in [0.3, 0.4) is 0 Å². The molecule has 1 N–H and O–H groups in total. The number of nitrogens with one attached hydrogen (secondary N) is 1. The van der Waals surface area contributed by atoms with Crippen LogP contribution in [0.4, 0.5) is 0 Å². The van der Waals surface area contributed by atoms with Crippen molar-refractivity contribution >= 4 is 0 Å². The van der Waals surface area contributed by atoms with Crippen molar-refractivity contribution < 1.29 is 0 Å². The molecule has 2 unspecified atom stereocenters. The molecule has 0 bridgehead atoms. The maximum Gasteiger partial charge on any atom is 0.0462 e. The Bertz CT molecular complexity index is 142. The van der Waals surface area contributed by atoms with E-state index in [4.69, 9.17) is 0 Å². The minimum absolute atomic E-state index is 0.552. The first-order valence-electron chi connectivity index (χ1n) is 4.47. The Balaban J connectivity index is 2.35. The van der Waals surface area contributed by atoms with Crippen LogP contribution in [0.5, 0.6) is 0 Å². The van der Waals surface area contributed by atoms with Crippen LogP contribution in [0.25, 0.3) is 0 Å². The quantitative estimate of drug-likeness (QED) is 0.668. The van der Waals surface area contributed by atoms with Crippen LogP contribution in [-0.4, -0.2) is 17.1 Å². The molecule has 1 aliphatic rings. The van der Waals surface area contributed by atoms with Crippen LogP contribution >= 0.6 is 0 Å². The predicted molar refractivity (Wildman–Crippen MR) is 47.9 cm³/mol. The van der Waals surface area contributed by atoms with E-state index in [1.54, 1.807) is 0 Å². The van der Waals surface area contributed by atoms with E-state index in [9.17, 15) is 0 Å². The Morgan fingerprint density at radius 2 is 2.36 bits per heavy atom. The van der Waals surface area contributed by atoms with Gasteiger partial charge in [-0.15, -0.1) is 0 Å². The molecule has 1 aliphatic heterocycles. The van der Waals surface area contributed by atoms with Gasteiger partial charge in [0, 0.05) is 18.3 Å². The van der Waals surface area contributed by atoms with Crippen molar-refractivity contribution in [3.8, 4) is 0 Å². The standard InChI is InChI=1S/C9H18N2/c1-4-5-8(2)11-9(3)6-7-10-11/h6-10H,4-5H2,1-3H3. The summed E-state index contributed by atoms with van der Waals surface area (Å²) in [4.78, 5) is 0. The molecule has 0 aromatic rings. The molecule has 0 aromatic carbocycles. The molecule has 0 saturated heterocycles. The maximum absolute atomic E-state index is 3.24. The molecule has 1 rings (SSSR count). The predicted octanol–water partition coefficient (Wildman–Crippen LogP) is 1.90. The van der Waals surface area contributed by atoms with Gasteiger partial charge in [-0.2, -0.15) is 0 Å². The van der Waals surface area contributed by atoms with Gasteiger partial charge >= 0.3 is 0 Å². The van der Waals surface area contributed by atoms with E-state index in [0.29, 0.717) is 12.1 Å². The fourth-order valence-electron chi connectivity index (χ4n) is 1.56. The Labute approximate surface area is 69.2 Å². The van der Waals surface area contributed by atoms with Gasteiger partial charge in [0.1, 0.15) is 0 Å². The molecule has 0 aromatic heterocycles. The van der Waals surface area contributed by atoms with Gasteiger partial charge < -0.3 is 5.43 Å². The zero-order valence-corrected chi connectivity index (χ0v) is 7.67. The lowest BCUT2D eigenvalue weighted by atomic mass is 10.1. The molecule has 0 saturated carbocycles. The monoisotopic (exact) mass is 154 g/mol. The van der Waals surface area contributed by atoms with E-state index in [0.717, 1.165) is 0 Å². The minimum atomic E-state index is 0.552. The first-order valence-corrected chi connectivity index (χ1v) is 4.47. The molecule has 1 heterocycles. The van der Waals surface area contributed by atoms with Crippen LogP contribution in [0.2, 0.25) is 0 Å². The lowest BCUT2D eigenvalue weighted by molar-refractivity contribution is 0.143. The first kappa shape index (κ1) is 8.60. The van der Waals surface area contributed by atoms with Gasteiger partial charge in [0.15, 0.2) is 0 Å². The Kier molecular flexibility index (Phi) is 2.94. The second-order valence-electron chi connectivity index (χ2n) is 3.27. The summed E-state index contributed by atoms with van der Waals surface area (Å²) < 4.78 is 0. The van der Waals surface area contributed by atoms with Gasteiger partial charge in [0.05, 0.1) is 0 Å². The van der Waals surface area contributed by atoms with Crippen LogP contribution in [0.1, 0.15) is 33.6 Å². The van der Waals surface area contributed by atoms with Crippen molar-refractivity contribution in [3.63, 3.8) is 0 Å². The largest absolute Gasteiger partial charge is 0.326 e. The van der Waals surface area contributed by atoms with Crippen LogP contribution in [0.15, 0.2) is 12.3 Å². The van der Waals surface area contributed by atoms with E-state index in [1.807, 2.05) is 6.20 Å². The van der Waals surface area contributed by atoms with Crippen LogP contribution in [-0.2, 0) is 0 Å². The summed E-state index contributed by atoms with van der Waals surface area (Å²) >= 11 is 0. The van der Waals surface area contributed by atoms with Gasteiger partial charge in [-0.05, 0) is 26.3 Å². The van der Waals surface area contributed by atoms with Crippen molar-refractivity contribution in [1.29, 1.82) is 0 Å². The number of nitrogens with zero attached hydrogens (tertiary/aromatic N) is 1. The second-order valence-corrected chi connectivity index (χ2v) is 3.27. The van der Waals surface area contributed by atoms with E-state index in [1.165, 1.54) is 12.8 Å². The molecule has 0 fully saturated rings. The summed E-state index contributed by atoms with van der Waals surface area (Å²) in [5.74, 6) is 0. The molecule has 2 atom stereocenters. The highest BCUT2D eigenvalue weighted by Crippen LogP contribution is 2.12. The van der Waals surface area contributed by atoms with E-state index >= 15 is 0 Å². The topological polar surface area (TPSA) is 15.3 Å². The normalized spacial score (nSPS) is 27.0. The smallest absolute Gasteiger partial charge is 0.0462 e. The second kappa shape index (κ2) is 3.77. The number of rotatable bonds is 3. The van der Waals surface area contributed by atoms with Crippen LogP contribution in [0, 0.1) is 0 Å². The molecule has 0 radical (unpaired) electrons. The summed E-state index contributed by atoms with van der Waals surface area (Å²) in [6, 6.07) is 1.20. The third kappa shape index (κ3) is 1.96. The zero-order valence-electron chi connectivity index (χ0n) is 7.67. The lowest BCUT2D eigenvalue weighted by Gasteiger charge is -2.28. The summed E-state index contributed by atoms with van der Waals surface area (Å²) in [5, 5.41) is 2.30. The highest BCUT2D eigenvalue weighted by atomic mass is 15.5. The van der Waals surface area contributed by atoms with Gasteiger partial charge in [-0.3, -0.25) is 0 Å². The number of hydrazine groups is 1. The fourth-order valence-corrected chi connectivity index (χ4v) is 1.56. The maximum atomic E-state index is 3.24. The van der Waals surface area contributed by atoms with E-state index < -0.39 is 0 Å². The van der Waals surface area contributed by atoms with Crippen molar-refractivity contribution in [2.75, 3.05) is 0 Å². The van der Waals surface area contributed by atoms with Crippen molar-refractivity contribution in [2.45, 2.75) is 45.7 Å². The molecule has 2 heteroatoms. The fraction of sp³-hybridized carbons (Fsp3) is 0.778. The summed E-state index contributed by atoms with van der Waals surface area (Å²) in [5.41, 5.74) is 3.24. The molecule has 0 spiro atoms. The van der Waals surface area contributed by atoms with Gasteiger partial charge in [-0.1, -0.05) is 13.3 Å². The molecular formula is C9H18N2. The average molecular weight is 154 g/mol. The summed E-state index contributed by atoms with van der Waals surface area (Å²) in [7, 11) is 0. The third-order valence-corrected chi connectivity index (χ3v) is 2.22. The number of hydrogen-bond acceptors (Lipinski definition) is 2. The van der Waals surface area contributed by atoms with Gasteiger partial charge in [0.2, 0.25) is 0 Å². The van der Waals surface area contributed by atoms with Crippen molar-refractivity contribution in [3.05, 3.63) is 12.3 Å². The SMILES string of the molecule is CCCC(C)N1NC=CC1C. The lowest BCUT2D eigenvalue weighted by Crippen LogP contribution is -2.42. The number of hydrogen-bond donors (Lipinski definition) is 1. The third-order valence-electron chi connectivity index (χ3n) is 2.22. The van der Waals surface area contributed by atoms with E-state index in [-0.39, 0.29) is 0 Å². The Morgan fingerprint density at radius 3 is 2.82 bits per heavy atom. The molecule has 0 aliphatic carbocycles. The highest BCUT2D eigenvalue weighted by molar-refractivity contribution is 4.97. The molecular weight excluding hydrogens is 136 g/mol. The Morgan fingerprint density at radius 1 is 1.64 bits per heavy atom. The minimum Gasteiger partial charge on any atom is -0.326 e. The van der Waals surface area contributed by atoms with Gasteiger partial charge in [-0.25, -0.2) is 5.01 Å². The molecule has 64 valence electrons. The van der Waals surface area contributed by atoms with Gasteiger partial charge in [0.25, 0.3) is 0 Å². The molecule has 2 nitrogen and oxygen atoms in total. The van der Waals surface area contributed by atoms with Crippen molar-refractivity contribution in [2.24, 2.45) is 0 Å². The van der Waals surface area contributed by atoms with Crippen molar-refractivity contribution in [1.82, 2.24) is 10.4 Å². The Hall–Kier alpha value is -0.500. The highest BCUT2D eigenvalue weighted by Gasteiger charge is 2.19. The average Bonchev–Trinajstić information content (AvgIpc) is 2.36. The molecule has 11 heavy (non-hydrogen) atoms. The zero-order chi connectivity index (χ0) is 8.27. The molecule has 0 amide bonds. The first-order chi connectivity index (χ1) is 5.25. The van der Waals surface area contributed by atoms with Crippen LogP contribution < -0.4 is 5.43 Å². The summed E-state index contributed by atoms with van der Waals surface area (Å²) in [6.07, 6.45) is 6.73. The van der Waals surface area contributed by atoms with E-state index in [2.05, 4.69) is 37.3 Å². The summed E-state index contributed by atoms with van der Waals surface area (Å²) in [6.45, 7) is 6.70.